The van der Waals surface area contributed by atoms with E-state index in [1.165, 1.54) is 7.11 Å². The van der Waals surface area contributed by atoms with E-state index in [1.807, 2.05) is 12.3 Å². The Kier molecular flexibility index (Phi) is 3.34. The fourth-order valence-electron chi connectivity index (χ4n) is 2.66. The van der Waals surface area contributed by atoms with Crippen molar-refractivity contribution in [3.05, 3.63) is 41.5 Å². The van der Waals surface area contributed by atoms with Crippen molar-refractivity contribution >= 4 is 5.95 Å². The standard InChI is InChI=1S/C15H18FN3O/c1-3-11-9-19-13(6-7-17-15(19)18-11)10-4-5-14(20-2)12(16)8-10/h4-5,8-9,13H,3,6-7H2,1-2H3,(H,17,18). The van der Waals surface area contributed by atoms with Gasteiger partial charge in [0.05, 0.1) is 18.8 Å². The van der Waals surface area contributed by atoms with Gasteiger partial charge in [-0.1, -0.05) is 13.0 Å². The fourth-order valence-corrected chi connectivity index (χ4v) is 2.66. The number of nitrogens with one attached hydrogen (secondary N) is 1. The highest BCUT2D eigenvalue weighted by atomic mass is 19.1. The minimum absolute atomic E-state index is 0.124. The minimum Gasteiger partial charge on any atom is -0.494 e. The molecule has 2 heterocycles. The number of benzene rings is 1. The second kappa shape index (κ2) is 5.15. The third-order valence-corrected chi connectivity index (χ3v) is 3.74. The van der Waals surface area contributed by atoms with E-state index < -0.39 is 0 Å². The average molecular weight is 275 g/mol. The maximum Gasteiger partial charge on any atom is 0.203 e. The highest BCUT2D eigenvalue weighted by Crippen LogP contribution is 2.31. The molecule has 1 aliphatic rings. The molecule has 3 rings (SSSR count). The molecule has 4 nitrogen and oxygen atoms in total. The molecule has 1 aromatic carbocycles. The molecule has 2 aromatic rings. The van der Waals surface area contributed by atoms with Crippen LogP contribution in [0.5, 0.6) is 5.75 Å². The second-order valence-electron chi connectivity index (χ2n) is 4.94. The summed E-state index contributed by atoms with van der Waals surface area (Å²) >= 11 is 0. The molecule has 0 fully saturated rings. The molecule has 0 aliphatic carbocycles. The summed E-state index contributed by atoms with van der Waals surface area (Å²) in [5, 5.41) is 3.29. The predicted octanol–water partition coefficient (Wildman–Crippen LogP) is 3.00. The maximum atomic E-state index is 13.9. The van der Waals surface area contributed by atoms with E-state index in [9.17, 15) is 4.39 Å². The Morgan fingerprint density at radius 3 is 3.05 bits per heavy atom. The van der Waals surface area contributed by atoms with Gasteiger partial charge in [0.1, 0.15) is 0 Å². The Labute approximate surface area is 117 Å². The van der Waals surface area contributed by atoms with Gasteiger partial charge in [0.25, 0.3) is 0 Å². The number of aromatic nitrogens is 2. The van der Waals surface area contributed by atoms with Crippen LogP contribution in [-0.4, -0.2) is 23.2 Å². The van der Waals surface area contributed by atoms with Crippen LogP contribution in [0.25, 0.3) is 0 Å². The number of hydrogen-bond acceptors (Lipinski definition) is 3. The lowest BCUT2D eigenvalue weighted by molar-refractivity contribution is 0.385. The number of nitrogens with zero attached hydrogens (tertiary/aromatic N) is 2. The van der Waals surface area contributed by atoms with Gasteiger partial charge in [-0.25, -0.2) is 9.37 Å². The van der Waals surface area contributed by atoms with Crippen molar-refractivity contribution in [3.63, 3.8) is 0 Å². The van der Waals surface area contributed by atoms with Crippen LogP contribution in [0.4, 0.5) is 10.3 Å². The Bertz CT molecular complexity index is 624. The number of methoxy groups -OCH3 is 1. The van der Waals surface area contributed by atoms with Crippen molar-refractivity contribution in [1.82, 2.24) is 9.55 Å². The van der Waals surface area contributed by atoms with E-state index in [0.29, 0.717) is 0 Å². The smallest absolute Gasteiger partial charge is 0.203 e. The molecule has 0 bridgehead atoms. The first-order valence-electron chi connectivity index (χ1n) is 6.88. The molecule has 20 heavy (non-hydrogen) atoms. The van der Waals surface area contributed by atoms with Crippen molar-refractivity contribution in [2.75, 3.05) is 19.0 Å². The number of rotatable bonds is 3. The van der Waals surface area contributed by atoms with Crippen LogP contribution in [0, 0.1) is 5.82 Å². The molecule has 0 spiro atoms. The summed E-state index contributed by atoms with van der Waals surface area (Å²) in [7, 11) is 1.48. The summed E-state index contributed by atoms with van der Waals surface area (Å²) in [6.45, 7) is 2.93. The van der Waals surface area contributed by atoms with Crippen LogP contribution in [0.2, 0.25) is 0 Å². The van der Waals surface area contributed by atoms with Crippen molar-refractivity contribution < 1.29 is 9.13 Å². The molecular weight excluding hydrogens is 257 g/mol. The first-order valence-corrected chi connectivity index (χ1v) is 6.88. The van der Waals surface area contributed by atoms with Crippen molar-refractivity contribution in [3.8, 4) is 5.75 Å². The van der Waals surface area contributed by atoms with Gasteiger partial charge in [-0.2, -0.15) is 0 Å². The zero-order chi connectivity index (χ0) is 14.1. The van der Waals surface area contributed by atoms with E-state index in [0.717, 1.165) is 36.6 Å². The lowest BCUT2D eigenvalue weighted by atomic mass is 10.0. The predicted molar refractivity (Wildman–Crippen MR) is 75.8 cm³/mol. The molecule has 0 amide bonds. The number of ether oxygens (including phenoxy) is 1. The molecule has 1 aliphatic heterocycles. The first-order chi connectivity index (χ1) is 9.72. The summed E-state index contributed by atoms with van der Waals surface area (Å²) in [6, 6.07) is 5.29. The van der Waals surface area contributed by atoms with Gasteiger partial charge < -0.3 is 14.6 Å². The number of aryl methyl sites for hydroxylation is 1. The van der Waals surface area contributed by atoms with Gasteiger partial charge >= 0.3 is 0 Å². The third-order valence-electron chi connectivity index (χ3n) is 3.74. The zero-order valence-electron chi connectivity index (χ0n) is 11.7. The Morgan fingerprint density at radius 1 is 1.50 bits per heavy atom. The Hall–Kier alpha value is -2.04. The summed E-state index contributed by atoms with van der Waals surface area (Å²) in [5.74, 6) is 0.832. The van der Waals surface area contributed by atoms with Gasteiger partial charge in [0.15, 0.2) is 11.6 Å². The summed E-state index contributed by atoms with van der Waals surface area (Å²) in [4.78, 5) is 4.53. The number of anilines is 1. The number of fused-ring (bicyclic) bond motifs is 1. The molecule has 1 atom stereocenters. The normalized spacial score (nSPS) is 17.4. The Balaban J connectivity index is 1.99. The SMILES string of the molecule is CCc1cn2c(n1)NCCC2c1ccc(OC)c(F)c1. The summed E-state index contributed by atoms with van der Waals surface area (Å²) in [6.07, 6.45) is 3.86. The Morgan fingerprint density at radius 2 is 2.35 bits per heavy atom. The van der Waals surface area contributed by atoms with Crippen LogP contribution in [0.1, 0.15) is 30.6 Å². The number of halogens is 1. The van der Waals surface area contributed by atoms with Gasteiger partial charge in [0.2, 0.25) is 5.95 Å². The maximum absolute atomic E-state index is 13.9. The molecule has 106 valence electrons. The molecular formula is C15H18FN3O. The van der Waals surface area contributed by atoms with Crippen LogP contribution in [-0.2, 0) is 6.42 Å². The summed E-state index contributed by atoms with van der Waals surface area (Å²) in [5.41, 5.74) is 2.00. The quantitative estimate of drug-likeness (QED) is 0.936. The largest absolute Gasteiger partial charge is 0.494 e. The van der Waals surface area contributed by atoms with E-state index in [-0.39, 0.29) is 17.6 Å². The van der Waals surface area contributed by atoms with Gasteiger partial charge in [-0.05, 0) is 30.5 Å². The van der Waals surface area contributed by atoms with Crippen LogP contribution in [0.15, 0.2) is 24.4 Å². The van der Waals surface area contributed by atoms with Crippen LogP contribution >= 0.6 is 0 Å². The van der Waals surface area contributed by atoms with Crippen molar-refractivity contribution in [1.29, 1.82) is 0 Å². The highest BCUT2D eigenvalue weighted by Gasteiger charge is 2.23. The molecule has 1 N–H and O–H groups in total. The van der Waals surface area contributed by atoms with Crippen molar-refractivity contribution in [2.45, 2.75) is 25.8 Å². The van der Waals surface area contributed by atoms with Crippen LogP contribution < -0.4 is 10.1 Å². The number of imidazole rings is 1. The zero-order valence-corrected chi connectivity index (χ0v) is 11.7. The number of hydrogen-bond donors (Lipinski definition) is 1. The molecule has 1 aromatic heterocycles. The van der Waals surface area contributed by atoms with E-state index in [4.69, 9.17) is 4.74 Å². The van der Waals surface area contributed by atoms with E-state index >= 15 is 0 Å². The van der Waals surface area contributed by atoms with E-state index in [2.05, 4.69) is 21.8 Å². The summed E-state index contributed by atoms with van der Waals surface area (Å²) < 4.78 is 21.0. The molecule has 5 heteroatoms. The molecule has 0 saturated heterocycles. The fraction of sp³-hybridized carbons (Fsp3) is 0.400. The third kappa shape index (κ3) is 2.13. The topological polar surface area (TPSA) is 39.1 Å². The second-order valence-corrected chi connectivity index (χ2v) is 4.94. The molecule has 0 radical (unpaired) electrons. The van der Waals surface area contributed by atoms with Crippen LogP contribution in [0.3, 0.4) is 0 Å². The molecule has 0 saturated carbocycles. The highest BCUT2D eigenvalue weighted by molar-refractivity contribution is 5.38. The van der Waals surface area contributed by atoms with E-state index in [1.54, 1.807) is 12.1 Å². The monoisotopic (exact) mass is 275 g/mol. The first kappa shape index (κ1) is 13.0. The van der Waals surface area contributed by atoms with Gasteiger partial charge in [0, 0.05) is 12.7 Å². The molecule has 1 unspecified atom stereocenters. The van der Waals surface area contributed by atoms with Crippen molar-refractivity contribution in [2.24, 2.45) is 0 Å². The average Bonchev–Trinajstić information content (AvgIpc) is 2.90. The lowest BCUT2D eigenvalue weighted by Crippen LogP contribution is -2.23. The van der Waals surface area contributed by atoms with Gasteiger partial charge in [-0.3, -0.25) is 0 Å². The lowest BCUT2D eigenvalue weighted by Gasteiger charge is -2.26. The van der Waals surface area contributed by atoms with Gasteiger partial charge in [-0.15, -0.1) is 0 Å². The minimum atomic E-state index is -0.319.